The van der Waals surface area contributed by atoms with Gasteiger partial charge in [0.2, 0.25) is 5.41 Å². The Morgan fingerprint density at radius 3 is 2.06 bits per heavy atom. The zero-order valence-corrected chi connectivity index (χ0v) is 20.5. The number of ether oxygens (including phenoxy) is 3. The lowest BCUT2D eigenvalue weighted by Gasteiger charge is -2.50. The molecule has 0 saturated heterocycles. The molecule has 0 radical (unpaired) electrons. The fourth-order valence-electron chi connectivity index (χ4n) is 5.07. The molecule has 1 aromatic carbocycles. The van der Waals surface area contributed by atoms with Gasteiger partial charge in [-0.1, -0.05) is 18.2 Å². The average Bonchev–Trinajstić information content (AvgIpc) is 2.98. The molecule has 2 aliphatic rings. The number of benzene rings is 1. The number of hydrogen-bond donors (Lipinski definition) is 2. The van der Waals surface area contributed by atoms with Crippen molar-refractivity contribution < 1.29 is 33.7 Å². The summed E-state index contributed by atoms with van der Waals surface area (Å²) in [6.07, 6.45) is -0.315. The molecule has 2 N–H and O–H groups in total. The quantitative estimate of drug-likeness (QED) is 0.401. The number of rotatable bonds is 3. The number of aliphatic hydroxyl groups is 1. The molecule has 1 aliphatic carbocycles. The first-order chi connectivity index (χ1) is 15.2. The molecule has 1 aromatic rings. The van der Waals surface area contributed by atoms with E-state index >= 15 is 0 Å². The lowest BCUT2D eigenvalue weighted by Crippen LogP contribution is -2.69. The van der Waals surface area contributed by atoms with Crippen LogP contribution in [0.15, 0.2) is 24.3 Å². The maximum Gasteiger partial charge on any atom is 0.331 e. The highest BCUT2D eigenvalue weighted by atomic mass is 16.6. The molecule has 1 saturated carbocycles. The number of para-hydroxylation sites is 1. The molecule has 1 aliphatic heterocycles. The second-order valence-corrected chi connectivity index (χ2v) is 10.9. The molecule has 8 nitrogen and oxygen atoms in total. The van der Waals surface area contributed by atoms with Crippen LogP contribution in [0.1, 0.15) is 66.4 Å². The smallest absolute Gasteiger partial charge is 0.331 e. The van der Waals surface area contributed by atoms with Crippen LogP contribution in [0, 0.1) is 5.92 Å². The van der Waals surface area contributed by atoms with E-state index in [2.05, 4.69) is 5.32 Å². The van der Waals surface area contributed by atoms with E-state index in [1.165, 1.54) is 7.11 Å². The third-order valence-electron chi connectivity index (χ3n) is 6.23. The van der Waals surface area contributed by atoms with E-state index in [4.69, 9.17) is 14.2 Å². The maximum atomic E-state index is 14.1. The van der Waals surface area contributed by atoms with Crippen LogP contribution < -0.4 is 5.32 Å². The maximum absolute atomic E-state index is 14.1. The summed E-state index contributed by atoms with van der Waals surface area (Å²) in [5, 5.41) is 13.8. The minimum atomic E-state index is -1.98. The van der Waals surface area contributed by atoms with Crippen LogP contribution in [-0.4, -0.2) is 53.0 Å². The lowest BCUT2D eigenvalue weighted by atomic mass is 9.56. The average molecular weight is 462 g/mol. The summed E-state index contributed by atoms with van der Waals surface area (Å²) >= 11 is 0. The normalized spacial score (nSPS) is 26.2. The first-order valence-electron chi connectivity index (χ1n) is 11.3. The van der Waals surface area contributed by atoms with Crippen molar-refractivity contribution in [3.05, 3.63) is 29.8 Å². The molecule has 1 heterocycles. The SMILES string of the molecule is COC(=O)[C@@H]1C[C@@H](O)CC[C@]12Nc1ccccc1C2(C(=O)OC(C)(C)C)C(=O)OC(C)(C)C. The number of hydrogen-bond acceptors (Lipinski definition) is 8. The van der Waals surface area contributed by atoms with Gasteiger partial charge >= 0.3 is 17.9 Å². The van der Waals surface area contributed by atoms with Crippen LogP contribution in [0.4, 0.5) is 5.69 Å². The van der Waals surface area contributed by atoms with E-state index in [1.807, 2.05) is 0 Å². The molecule has 8 heteroatoms. The zero-order valence-electron chi connectivity index (χ0n) is 20.5. The number of methoxy groups -OCH3 is 1. The number of anilines is 1. The van der Waals surface area contributed by atoms with Gasteiger partial charge in [-0.3, -0.25) is 14.4 Å². The summed E-state index contributed by atoms with van der Waals surface area (Å²) in [6, 6.07) is 6.95. The molecule has 0 amide bonds. The third-order valence-corrected chi connectivity index (χ3v) is 6.23. The van der Waals surface area contributed by atoms with E-state index < -0.39 is 52.1 Å². The summed E-state index contributed by atoms with van der Waals surface area (Å²) in [5.74, 6) is -3.22. The van der Waals surface area contributed by atoms with E-state index in [0.29, 0.717) is 11.3 Å². The molecular formula is C25H35NO7. The second kappa shape index (κ2) is 8.31. The largest absolute Gasteiger partial charge is 0.469 e. The van der Waals surface area contributed by atoms with Gasteiger partial charge in [-0.2, -0.15) is 0 Å². The molecule has 33 heavy (non-hydrogen) atoms. The molecule has 0 bridgehead atoms. The Morgan fingerprint density at radius 1 is 1.00 bits per heavy atom. The van der Waals surface area contributed by atoms with Crippen molar-refractivity contribution in [2.75, 3.05) is 12.4 Å². The predicted octanol–water partition coefficient (Wildman–Crippen LogP) is 3.11. The predicted molar refractivity (Wildman–Crippen MR) is 122 cm³/mol. The van der Waals surface area contributed by atoms with Crippen molar-refractivity contribution in [1.82, 2.24) is 0 Å². The molecule has 0 aromatic heterocycles. The fraction of sp³-hybridized carbons (Fsp3) is 0.640. The lowest BCUT2D eigenvalue weighted by molar-refractivity contribution is -0.185. The van der Waals surface area contributed by atoms with E-state index in [1.54, 1.807) is 65.8 Å². The molecular weight excluding hydrogens is 426 g/mol. The van der Waals surface area contributed by atoms with Crippen LogP contribution in [0.25, 0.3) is 0 Å². The summed E-state index contributed by atoms with van der Waals surface area (Å²) in [4.78, 5) is 41.3. The Kier molecular flexibility index (Phi) is 6.30. The van der Waals surface area contributed by atoms with Gasteiger partial charge in [0.05, 0.1) is 24.7 Å². The molecule has 1 fully saturated rings. The van der Waals surface area contributed by atoms with Crippen molar-refractivity contribution in [1.29, 1.82) is 0 Å². The van der Waals surface area contributed by atoms with Crippen molar-refractivity contribution in [2.45, 2.75) is 89.1 Å². The topological polar surface area (TPSA) is 111 Å². The summed E-state index contributed by atoms with van der Waals surface area (Å²) in [7, 11) is 1.25. The van der Waals surface area contributed by atoms with Crippen molar-refractivity contribution in [2.24, 2.45) is 5.92 Å². The first-order valence-corrected chi connectivity index (χ1v) is 11.3. The van der Waals surface area contributed by atoms with Gasteiger partial charge in [-0.15, -0.1) is 0 Å². The van der Waals surface area contributed by atoms with Crippen LogP contribution in [0.5, 0.6) is 0 Å². The molecule has 1 spiro atoms. The van der Waals surface area contributed by atoms with Crippen molar-refractivity contribution >= 4 is 23.6 Å². The van der Waals surface area contributed by atoms with Gasteiger partial charge < -0.3 is 24.6 Å². The number of aliphatic hydroxyl groups excluding tert-OH is 1. The highest BCUT2D eigenvalue weighted by Crippen LogP contribution is 2.58. The van der Waals surface area contributed by atoms with Crippen LogP contribution in [0.2, 0.25) is 0 Å². The number of carbonyl (C=O) groups is 3. The van der Waals surface area contributed by atoms with Gasteiger partial charge in [-0.05, 0) is 66.9 Å². The Morgan fingerprint density at radius 2 is 1.55 bits per heavy atom. The minimum absolute atomic E-state index is 0.0288. The number of nitrogens with one attached hydrogen (secondary N) is 1. The molecule has 3 atom stereocenters. The third kappa shape index (κ3) is 4.21. The summed E-state index contributed by atoms with van der Waals surface area (Å²) in [5.41, 5.74) is -4.30. The van der Waals surface area contributed by atoms with Gasteiger partial charge in [0.1, 0.15) is 11.2 Å². The van der Waals surface area contributed by atoms with Gasteiger partial charge in [-0.25, -0.2) is 0 Å². The second-order valence-electron chi connectivity index (χ2n) is 10.9. The van der Waals surface area contributed by atoms with E-state index in [-0.39, 0.29) is 19.3 Å². The van der Waals surface area contributed by atoms with Crippen LogP contribution >= 0.6 is 0 Å². The standard InChI is InChI=1S/C25H35NO7/c1-22(2,3)32-20(29)25(21(30)33-23(4,5)6)16-10-8-9-11-18(16)26-24(25)13-12-15(27)14-17(24)19(28)31-7/h8-11,15,17,26-27H,12-14H2,1-7H3/t15-,17-,24-/m0/s1. The van der Waals surface area contributed by atoms with E-state index in [9.17, 15) is 19.5 Å². The monoisotopic (exact) mass is 461 g/mol. The zero-order chi connectivity index (χ0) is 24.8. The summed E-state index contributed by atoms with van der Waals surface area (Å²) < 4.78 is 16.8. The molecule has 182 valence electrons. The van der Waals surface area contributed by atoms with Crippen molar-refractivity contribution in [3.63, 3.8) is 0 Å². The van der Waals surface area contributed by atoms with Crippen LogP contribution in [-0.2, 0) is 34.0 Å². The Hall–Kier alpha value is -2.61. The number of fused-ring (bicyclic) bond motifs is 1. The summed E-state index contributed by atoms with van der Waals surface area (Å²) in [6.45, 7) is 10.3. The fourth-order valence-corrected chi connectivity index (χ4v) is 5.07. The Labute approximate surface area is 195 Å². The number of esters is 3. The van der Waals surface area contributed by atoms with Crippen LogP contribution in [0.3, 0.4) is 0 Å². The Balaban J connectivity index is 2.36. The molecule has 3 rings (SSSR count). The van der Waals surface area contributed by atoms with Crippen molar-refractivity contribution in [3.8, 4) is 0 Å². The highest BCUT2D eigenvalue weighted by molar-refractivity contribution is 6.13. The molecule has 0 unspecified atom stereocenters. The van der Waals surface area contributed by atoms with Gasteiger partial charge in [0, 0.05) is 11.3 Å². The number of carbonyl (C=O) groups excluding carboxylic acids is 3. The first kappa shape index (κ1) is 25.0. The van der Waals surface area contributed by atoms with E-state index in [0.717, 1.165) is 0 Å². The van der Waals surface area contributed by atoms with Gasteiger partial charge in [0.15, 0.2) is 0 Å². The minimum Gasteiger partial charge on any atom is -0.469 e. The van der Waals surface area contributed by atoms with Gasteiger partial charge in [0.25, 0.3) is 0 Å². The highest BCUT2D eigenvalue weighted by Gasteiger charge is 2.74. The Bertz CT molecular complexity index is 915.